The quantitative estimate of drug-likeness (QED) is 0.328. The summed E-state index contributed by atoms with van der Waals surface area (Å²) in [4.78, 5) is 8.24. The van der Waals surface area contributed by atoms with Crippen LogP contribution in [0.25, 0.3) is 0 Å². The largest absolute Gasteiger partial charge is 0.484 e. The second-order valence-corrected chi connectivity index (χ2v) is 5.97. The zero-order valence-corrected chi connectivity index (χ0v) is 18.7. The van der Waals surface area contributed by atoms with Gasteiger partial charge in [-0.2, -0.15) is 13.2 Å². The van der Waals surface area contributed by atoms with Gasteiger partial charge in [0.15, 0.2) is 12.6 Å². The fraction of sp³-hybridized carbons (Fsp3) is 0.368. The van der Waals surface area contributed by atoms with Gasteiger partial charge in [-0.1, -0.05) is 18.2 Å². The summed E-state index contributed by atoms with van der Waals surface area (Å²) >= 11 is 0. The molecule has 6 nitrogen and oxygen atoms in total. The van der Waals surface area contributed by atoms with Crippen molar-refractivity contribution in [2.45, 2.75) is 26.2 Å². The zero-order chi connectivity index (χ0) is 20.6. The van der Waals surface area contributed by atoms with Gasteiger partial charge >= 0.3 is 6.18 Å². The number of guanidine groups is 1. The van der Waals surface area contributed by atoms with Crippen molar-refractivity contribution in [3.05, 3.63) is 53.2 Å². The van der Waals surface area contributed by atoms with E-state index in [2.05, 4.69) is 20.6 Å². The van der Waals surface area contributed by atoms with Crippen LogP contribution in [0.5, 0.6) is 11.6 Å². The fourth-order valence-corrected chi connectivity index (χ4v) is 2.42. The maximum absolute atomic E-state index is 12.5. The van der Waals surface area contributed by atoms with Gasteiger partial charge < -0.3 is 20.1 Å². The first-order valence-electron chi connectivity index (χ1n) is 8.54. The van der Waals surface area contributed by atoms with Gasteiger partial charge in [-0.3, -0.25) is 4.99 Å². The molecule has 0 fully saturated rings. The molecule has 1 heterocycles. The Morgan fingerprint density at radius 1 is 1.14 bits per heavy atom. The Bertz CT molecular complexity index is 816. The fourth-order valence-electron chi connectivity index (χ4n) is 2.42. The highest BCUT2D eigenvalue weighted by Gasteiger charge is 2.28. The van der Waals surface area contributed by atoms with Gasteiger partial charge in [0.05, 0.1) is 7.11 Å². The molecule has 1 aromatic carbocycles. The number of alkyl halides is 3. The molecule has 0 bridgehead atoms. The van der Waals surface area contributed by atoms with Crippen LogP contribution < -0.4 is 20.1 Å². The van der Waals surface area contributed by atoms with Crippen molar-refractivity contribution in [3.63, 3.8) is 0 Å². The van der Waals surface area contributed by atoms with E-state index in [1.165, 1.54) is 0 Å². The van der Waals surface area contributed by atoms with E-state index in [1.807, 2.05) is 12.1 Å². The minimum absolute atomic E-state index is 0. The van der Waals surface area contributed by atoms with Crippen molar-refractivity contribution in [1.29, 1.82) is 0 Å². The molecule has 29 heavy (non-hydrogen) atoms. The van der Waals surface area contributed by atoms with E-state index >= 15 is 0 Å². The molecule has 1 aromatic heterocycles. The zero-order valence-electron chi connectivity index (χ0n) is 16.3. The topological polar surface area (TPSA) is 67.8 Å². The van der Waals surface area contributed by atoms with Crippen LogP contribution in [0.1, 0.15) is 16.7 Å². The predicted octanol–water partition coefficient (Wildman–Crippen LogP) is 3.82. The third-order valence-corrected chi connectivity index (χ3v) is 3.77. The van der Waals surface area contributed by atoms with Crippen molar-refractivity contribution in [3.8, 4) is 11.6 Å². The lowest BCUT2D eigenvalue weighted by atomic mass is 10.1. The molecule has 2 N–H and O–H groups in total. The second kappa shape index (κ2) is 11.7. The lowest BCUT2D eigenvalue weighted by Crippen LogP contribution is -2.36. The Kier molecular flexibility index (Phi) is 9.99. The third-order valence-electron chi connectivity index (χ3n) is 3.77. The van der Waals surface area contributed by atoms with Crippen LogP contribution in [0.2, 0.25) is 0 Å². The summed E-state index contributed by atoms with van der Waals surface area (Å²) in [5.41, 5.74) is 2.25. The molecule has 0 saturated carbocycles. The molecule has 160 valence electrons. The van der Waals surface area contributed by atoms with Crippen LogP contribution in [0.3, 0.4) is 0 Å². The molecule has 0 unspecified atom stereocenters. The van der Waals surface area contributed by atoms with Crippen molar-refractivity contribution >= 4 is 29.9 Å². The average molecular weight is 524 g/mol. The van der Waals surface area contributed by atoms with E-state index in [-0.39, 0.29) is 36.3 Å². The van der Waals surface area contributed by atoms with Crippen molar-refractivity contribution < 1.29 is 22.6 Å². The SMILES string of the molecule is CN=C(NCc1ccc(C)cc1OCC(F)(F)F)NCc1cccnc1OC.I. The Morgan fingerprint density at radius 2 is 1.83 bits per heavy atom. The number of nitrogens with one attached hydrogen (secondary N) is 2. The number of ether oxygens (including phenoxy) is 2. The molecule has 0 amide bonds. The molecule has 2 rings (SSSR count). The number of benzene rings is 1. The molecule has 0 spiro atoms. The summed E-state index contributed by atoms with van der Waals surface area (Å²) in [6.07, 6.45) is -2.76. The van der Waals surface area contributed by atoms with Crippen LogP contribution in [-0.2, 0) is 13.1 Å². The van der Waals surface area contributed by atoms with E-state index in [1.54, 1.807) is 45.5 Å². The van der Waals surface area contributed by atoms with Crippen LogP contribution in [0.15, 0.2) is 41.5 Å². The molecule has 2 aromatic rings. The Morgan fingerprint density at radius 3 is 2.45 bits per heavy atom. The van der Waals surface area contributed by atoms with Crippen LogP contribution >= 0.6 is 24.0 Å². The van der Waals surface area contributed by atoms with Crippen molar-refractivity contribution in [2.75, 3.05) is 20.8 Å². The van der Waals surface area contributed by atoms with Gasteiger partial charge in [0.1, 0.15) is 5.75 Å². The number of hydrogen-bond donors (Lipinski definition) is 2. The number of pyridine rings is 1. The van der Waals surface area contributed by atoms with Gasteiger partial charge in [0.25, 0.3) is 0 Å². The summed E-state index contributed by atoms with van der Waals surface area (Å²) < 4.78 is 47.6. The normalized spacial score (nSPS) is 11.4. The van der Waals surface area contributed by atoms with Crippen LogP contribution in [-0.4, -0.2) is 37.9 Å². The number of aliphatic imine (C=N–C) groups is 1. The molecule has 0 radical (unpaired) electrons. The highest BCUT2D eigenvalue weighted by Crippen LogP contribution is 2.23. The lowest BCUT2D eigenvalue weighted by Gasteiger charge is -2.16. The third kappa shape index (κ3) is 8.34. The van der Waals surface area contributed by atoms with Gasteiger partial charge in [-0.25, -0.2) is 4.98 Å². The molecular weight excluding hydrogens is 500 g/mol. The first-order valence-corrected chi connectivity index (χ1v) is 8.54. The summed E-state index contributed by atoms with van der Waals surface area (Å²) in [6.45, 7) is 1.12. The van der Waals surface area contributed by atoms with E-state index in [0.29, 0.717) is 23.9 Å². The molecule has 10 heteroatoms. The number of aromatic nitrogens is 1. The van der Waals surface area contributed by atoms with Gasteiger partial charge in [0.2, 0.25) is 5.88 Å². The Balaban J connectivity index is 0.00000420. The van der Waals surface area contributed by atoms with Crippen molar-refractivity contribution in [2.24, 2.45) is 4.99 Å². The Labute approximate surface area is 184 Å². The molecule has 0 aliphatic heterocycles. The number of rotatable bonds is 7. The number of halogens is 4. The maximum atomic E-state index is 12.5. The first kappa shape index (κ1) is 24.8. The molecule has 0 saturated heterocycles. The monoisotopic (exact) mass is 524 g/mol. The second-order valence-electron chi connectivity index (χ2n) is 5.97. The first-order chi connectivity index (χ1) is 13.3. The molecule has 0 aliphatic rings. The van der Waals surface area contributed by atoms with Gasteiger partial charge in [0, 0.05) is 37.5 Å². The maximum Gasteiger partial charge on any atom is 0.422 e. The summed E-state index contributed by atoms with van der Waals surface area (Å²) in [5, 5.41) is 6.18. The Hall–Kier alpha value is -2.24. The molecular formula is C19H24F3IN4O2. The number of nitrogens with zero attached hydrogens (tertiary/aromatic N) is 2. The van der Waals surface area contributed by atoms with Gasteiger partial charge in [-0.15, -0.1) is 24.0 Å². The van der Waals surface area contributed by atoms with Crippen LogP contribution in [0.4, 0.5) is 13.2 Å². The summed E-state index contributed by atoms with van der Waals surface area (Å²) in [5.74, 6) is 1.18. The van der Waals surface area contributed by atoms with Gasteiger partial charge in [-0.05, 0) is 24.6 Å². The molecule has 0 atom stereocenters. The summed E-state index contributed by atoms with van der Waals surface area (Å²) in [6, 6.07) is 8.79. The highest BCUT2D eigenvalue weighted by atomic mass is 127. The number of methoxy groups -OCH3 is 1. The van der Waals surface area contributed by atoms with E-state index in [9.17, 15) is 13.2 Å². The smallest absolute Gasteiger partial charge is 0.422 e. The number of hydrogen-bond acceptors (Lipinski definition) is 4. The van der Waals surface area contributed by atoms with E-state index in [0.717, 1.165) is 11.1 Å². The van der Waals surface area contributed by atoms with E-state index in [4.69, 9.17) is 9.47 Å². The minimum Gasteiger partial charge on any atom is -0.484 e. The number of aryl methyl sites for hydroxylation is 1. The highest BCUT2D eigenvalue weighted by molar-refractivity contribution is 14.0. The minimum atomic E-state index is -4.39. The summed E-state index contributed by atoms with van der Waals surface area (Å²) in [7, 11) is 3.14. The standard InChI is InChI=1S/C19H23F3N4O2.HI/c1-13-6-7-14(16(9-13)28-12-19(20,21)22)10-25-18(23-2)26-11-15-5-4-8-24-17(15)27-3;/h4-9H,10-12H2,1-3H3,(H2,23,25,26);1H. The van der Waals surface area contributed by atoms with E-state index < -0.39 is 12.8 Å². The lowest BCUT2D eigenvalue weighted by molar-refractivity contribution is -0.153. The predicted molar refractivity (Wildman–Crippen MR) is 116 cm³/mol. The average Bonchev–Trinajstić information content (AvgIpc) is 2.67. The molecule has 0 aliphatic carbocycles. The van der Waals surface area contributed by atoms with Crippen molar-refractivity contribution in [1.82, 2.24) is 15.6 Å². The van der Waals surface area contributed by atoms with Crippen LogP contribution in [0, 0.1) is 6.92 Å².